The number of hydrogen-bond donors (Lipinski definition) is 2. The highest BCUT2D eigenvalue weighted by Crippen LogP contribution is 2.31. The number of rotatable bonds is 4. The third kappa shape index (κ3) is 5.31. The average Bonchev–Trinajstić information content (AvgIpc) is 2.71. The Kier molecular flexibility index (Phi) is 6.75. The number of ether oxygens (including phenoxy) is 1. The molecular formula is C22H16Cl2N4O3. The Morgan fingerprint density at radius 1 is 1.06 bits per heavy atom. The summed E-state index contributed by atoms with van der Waals surface area (Å²) in [5.41, 5.74) is 2.35. The number of nitrogens with one attached hydrogen (secondary N) is 2. The van der Waals surface area contributed by atoms with E-state index < -0.39 is 11.9 Å². The van der Waals surface area contributed by atoms with Gasteiger partial charge in [-0.2, -0.15) is 10.2 Å². The summed E-state index contributed by atoms with van der Waals surface area (Å²) in [6.45, 7) is 3.59. The SMILES string of the molecule is Cc1cc(NC(=O)NC(=O)c2ccccc2Cl)cc(C)c1Oc1ccc(C#N)c(Cl)n1. The van der Waals surface area contributed by atoms with Crippen molar-refractivity contribution >= 4 is 40.8 Å². The molecule has 0 aliphatic carbocycles. The Labute approximate surface area is 188 Å². The number of aromatic nitrogens is 1. The zero-order valence-electron chi connectivity index (χ0n) is 16.5. The molecule has 0 radical (unpaired) electrons. The number of anilines is 1. The maximum absolute atomic E-state index is 12.2. The van der Waals surface area contributed by atoms with Crippen LogP contribution in [-0.2, 0) is 0 Å². The van der Waals surface area contributed by atoms with E-state index in [1.54, 1.807) is 50.2 Å². The number of pyridine rings is 1. The molecule has 0 saturated heterocycles. The monoisotopic (exact) mass is 454 g/mol. The maximum Gasteiger partial charge on any atom is 0.326 e. The molecule has 0 aliphatic heterocycles. The normalized spacial score (nSPS) is 10.2. The summed E-state index contributed by atoms with van der Waals surface area (Å²) < 4.78 is 5.81. The first-order chi connectivity index (χ1) is 14.8. The molecule has 9 heteroatoms. The molecule has 2 N–H and O–H groups in total. The van der Waals surface area contributed by atoms with E-state index in [2.05, 4.69) is 15.6 Å². The molecule has 0 bridgehead atoms. The number of urea groups is 1. The quantitative estimate of drug-likeness (QED) is 0.496. The van der Waals surface area contributed by atoms with Crippen molar-refractivity contribution in [2.45, 2.75) is 13.8 Å². The molecule has 1 aromatic heterocycles. The zero-order valence-corrected chi connectivity index (χ0v) is 18.0. The smallest absolute Gasteiger partial charge is 0.326 e. The van der Waals surface area contributed by atoms with Gasteiger partial charge in [0.15, 0.2) is 5.15 Å². The Bertz CT molecular complexity index is 1200. The van der Waals surface area contributed by atoms with Crippen molar-refractivity contribution < 1.29 is 14.3 Å². The molecule has 0 atom stereocenters. The van der Waals surface area contributed by atoms with Gasteiger partial charge < -0.3 is 10.1 Å². The molecular weight excluding hydrogens is 439 g/mol. The van der Waals surface area contributed by atoms with E-state index in [4.69, 9.17) is 33.2 Å². The van der Waals surface area contributed by atoms with E-state index in [0.29, 0.717) is 11.4 Å². The second kappa shape index (κ2) is 9.47. The van der Waals surface area contributed by atoms with Crippen LogP contribution in [-0.4, -0.2) is 16.9 Å². The van der Waals surface area contributed by atoms with Gasteiger partial charge in [-0.15, -0.1) is 0 Å². The number of hydrogen-bond acceptors (Lipinski definition) is 5. The largest absolute Gasteiger partial charge is 0.438 e. The summed E-state index contributed by atoms with van der Waals surface area (Å²) in [5.74, 6) is 0.158. The third-order valence-corrected chi connectivity index (χ3v) is 4.83. The van der Waals surface area contributed by atoms with E-state index in [1.807, 2.05) is 6.07 Å². The molecule has 0 fully saturated rings. The zero-order chi connectivity index (χ0) is 22.5. The summed E-state index contributed by atoms with van der Waals surface area (Å²) in [6.07, 6.45) is 0. The van der Waals surface area contributed by atoms with Gasteiger partial charge in [-0.05, 0) is 55.3 Å². The predicted octanol–water partition coefficient (Wildman–Crippen LogP) is 5.63. The molecule has 1 heterocycles. The first kappa shape index (κ1) is 22.1. The predicted molar refractivity (Wildman–Crippen MR) is 118 cm³/mol. The van der Waals surface area contributed by atoms with E-state index in [0.717, 1.165) is 11.1 Å². The number of benzene rings is 2. The molecule has 0 aliphatic rings. The van der Waals surface area contributed by atoms with Crippen LogP contribution in [0.4, 0.5) is 10.5 Å². The van der Waals surface area contributed by atoms with Gasteiger partial charge in [0.1, 0.15) is 11.8 Å². The molecule has 0 spiro atoms. The summed E-state index contributed by atoms with van der Waals surface area (Å²) in [6, 6.07) is 14.1. The molecule has 0 unspecified atom stereocenters. The molecule has 7 nitrogen and oxygen atoms in total. The van der Waals surface area contributed by atoms with Crippen LogP contribution < -0.4 is 15.4 Å². The minimum absolute atomic E-state index is 0.0495. The van der Waals surface area contributed by atoms with Crippen molar-refractivity contribution in [1.82, 2.24) is 10.3 Å². The van der Waals surface area contributed by atoms with Crippen molar-refractivity contribution in [3.8, 4) is 17.7 Å². The number of imide groups is 1. The van der Waals surface area contributed by atoms with Crippen molar-refractivity contribution in [1.29, 1.82) is 5.26 Å². The lowest BCUT2D eigenvalue weighted by molar-refractivity contribution is 0.0967. The van der Waals surface area contributed by atoms with Gasteiger partial charge in [0.2, 0.25) is 5.88 Å². The standard InChI is InChI=1S/C22H16Cl2N4O3/c1-12-9-15(26-22(30)28-21(29)16-5-3-4-6-17(16)23)10-13(2)19(12)31-18-8-7-14(11-25)20(24)27-18/h3-10H,1-2H3,(H2,26,28,29,30). The van der Waals surface area contributed by atoms with Gasteiger partial charge in [-0.3, -0.25) is 10.1 Å². The van der Waals surface area contributed by atoms with Crippen LogP contribution in [0.3, 0.4) is 0 Å². The number of nitriles is 1. The number of carbonyl (C=O) groups excluding carboxylic acids is 2. The molecule has 31 heavy (non-hydrogen) atoms. The van der Waals surface area contributed by atoms with E-state index in [9.17, 15) is 9.59 Å². The Hall–Kier alpha value is -3.60. The molecule has 3 rings (SSSR count). The van der Waals surface area contributed by atoms with Gasteiger partial charge in [0, 0.05) is 11.8 Å². The summed E-state index contributed by atoms with van der Waals surface area (Å²) >= 11 is 11.9. The molecule has 156 valence electrons. The summed E-state index contributed by atoms with van der Waals surface area (Å²) in [4.78, 5) is 28.5. The fourth-order valence-corrected chi connectivity index (χ4v) is 3.23. The minimum atomic E-state index is -0.696. The van der Waals surface area contributed by atoms with E-state index in [1.165, 1.54) is 12.1 Å². The third-order valence-electron chi connectivity index (χ3n) is 4.21. The van der Waals surface area contributed by atoms with Crippen LogP contribution in [0.15, 0.2) is 48.5 Å². The van der Waals surface area contributed by atoms with E-state index >= 15 is 0 Å². The van der Waals surface area contributed by atoms with Gasteiger partial charge in [0.05, 0.1) is 16.1 Å². The van der Waals surface area contributed by atoms with Crippen LogP contribution in [0.5, 0.6) is 11.6 Å². The van der Waals surface area contributed by atoms with Crippen molar-refractivity contribution in [2.24, 2.45) is 0 Å². The maximum atomic E-state index is 12.2. The van der Waals surface area contributed by atoms with Crippen LogP contribution in [0, 0.1) is 25.2 Å². The van der Waals surface area contributed by atoms with Gasteiger partial charge in [0.25, 0.3) is 5.91 Å². The lowest BCUT2D eigenvalue weighted by atomic mass is 10.1. The number of nitrogens with zero attached hydrogens (tertiary/aromatic N) is 2. The number of amides is 3. The van der Waals surface area contributed by atoms with Gasteiger partial charge >= 0.3 is 6.03 Å². The van der Waals surface area contributed by atoms with Crippen LogP contribution in [0.1, 0.15) is 27.0 Å². The minimum Gasteiger partial charge on any atom is -0.438 e. The Morgan fingerprint density at radius 3 is 2.35 bits per heavy atom. The second-order valence-corrected chi connectivity index (χ2v) is 7.29. The summed E-state index contributed by atoms with van der Waals surface area (Å²) in [5, 5.41) is 14.1. The number of aryl methyl sites for hydroxylation is 2. The Morgan fingerprint density at radius 2 is 1.74 bits per heavy atom. The molecule has 0 saturated carbocycles. The summed E-state index contributed by atoms with van der Waals surface area (Å²) in [7, 11) is 0. The van der Waals surface area contributed by atoms with Crippen LogP contribution in [0.2, 0.25) is 10.2 Å². The number of halogens is 2. The topological polar surface area (TPSA) is 104 Å². The Balaban J connectivity index is 1.72. The van der Waals surface area contributed by atoms with Gasteiger partial charge in [-0.1, -0.05) is 35.3 Å². The first-order valence-electron chi connectivity index (χ1n) is 9.01. The van der Waals surface area contributed by atoms with Gasteiger partial charge in [-0.25, -0.2) is 4.79 Å². The van der Waals surface area contributed by atoms with Crippen molar-refractivity contribution in [3.05, 3.63) is 81.0 Å². The first-order valence-corrected chi connectivity index (χ1v) is 9.76. The van der Waals surface area contributed by atoms with Crippen molar-refractivity contribution in [3.63, 3.8) is 0 Å². The average molecular weight is 455 g/mol. The molecule has 3 amide bonds. The highest BCUT2D eigenvalue weighted by Gasteiger charge is 2.15. The highest BCUT2D eigenvalue weighted by molar-refractivity contribution is 6.34. The molecule has 3 aromatic rings. The fraction of sp³-hybridized carbons (Fsp3) is 0.0909. The molecule has 2 aromatic carbocycles. The second-order valence-electron chi connectivity index (χ2n) is 6.53. The lowest BCUT2D eigenvalue weighted by Gasteiger charge is -2.14. The highest BCUT2D eigenvalue weighted by atomic mass is 35.5. The van der Waals surface area contributed by atoms with Crippen LogP contribution in [0.25, 0.3) is 0 Å². The van der Waals surface area contributed by atoms with Crippen molar-refractivity contribution in [2.75, 3.05) is 5.32 Å². The van der Waals surface area contributed by atoms with E-state index in [-0.39, 0.29) is 27.2 Å². The number of carbonyl (C=O) groups is 2. The lowest BCUT2D eigenvalue weighted by Crippen LogP contribution is -2.34. The fourth-order valence-electron chi connectivity index (χ4n) is 2.82. The van der Waals surface area contributed by atoms with Crippen LogP contribution >= 0.6 is 23.2 Å².